The molecule has 1 aliphatic heterocycles. The molecule has 2 aromatic rings. The minimum absolute atomic E-state index is 0.147. The van der Waals surface area contributed by atoms with Crippen molar-refractivity contribution in [3.05, 3.63) is 47.2 Å². The Morgan fingerprint density at radius 3 is 3.00 bits per heavy atom. The van der Waals surface area contributed by atoms with Gasteiger partial charge in [-0.15, -0.1) is 0 Å². The molecule has 128 valence electrons. The zero-order valence-electron chi connectivity index (χ0n) is 14.3. The van der Waals surface area contributed by atoms with Crippen LogP contribution in [0.3, 0.4) is 0 Å². The highest BCUT2D eigenvalue weighted by molar-refractivity contribution is 5.96. The summed E-state index contributed by atoms with van der Waals surface area (Å²) in [5.41, 5.74) is 2.91. The maximum atomic E-state index is 13.2. The summed E-state index contributed by atoms with van der Waals surface area (Å²) in [4.78, 5) is 15.2. The van der Waals surface area contributed by atoms with Crippen LogP contribution in [0, 0.1) is 13.8 Å². The third-order valence-corrected chi connectivity index (χ3v) is 5.44. The van der Waals surface area contributed by atoms with E-state index < -0.39 is 0 Å². The van der Waals surface area contributed by atoms with Gasteiger partial charge in [0.25, 0.3) is 5.91 Å². The number of rotatable bonds is 3. The van der Waals surface area contributed by atoms with E-state index in [1.54, 1.807) is 6.26 Å². The lowest BCUT2D eigenvalue weighted by Gasteiger charge is -2.37. The first-order chi connectivity index (χ1) is 11.6. The zero-order valence-corrected chi connectivity index (χ0v) is 14.3. The van der Waals surface area contributed by atoms with Gasteiger partial charge >= 0.3 is 0 Å². The maximum Gasteiger partial charge on any atom is 0.256 e. The van der Waals surface area contributed by atoms with Crippen molar-refractivity contribution in [1.82, 2.24) is 9.47 Å². The lowest BCUT2D eigenvalue weighted by Crippen LogP contribution is -2.51. The average molecular weight is 328 g/mol. The Morgan fingerprint density at radius 1 is 1.33 bits per heavy atom. The first-order valence-electron chi connectivity index (χ1n) is 8.77. The second kappa shape index (κ2) is 6.13. The molecular weight excluding hydrogens is 304 g/mol. The monoisotopic (exact) mass is 328 g/mol. The third-order valence-electron chi connectivity index (χ3n) is 5.44. The number of hydrogen-bond donors (Lipinski definition) is 0. The van der Waals surface area contributed by atoms with E-state index in [4.69, 9.17) is 9.15 Å². The molecule has 1 aliphatic carbocycles. The molecule has 2 fully saturated rings. The quantitative estimate of drug-likeness (QED) is 0.869. The van der Waals surface area contributed by atoms with Crippen molar-refractivity contribution >= 4 is 5.91 Å². The van der Waals surface area contributed by atoms with Gasteiger partial charge in [-0.05, 0) is 51.3 Å². The molecule has 2 unspecified atom stereocenters. The minimum atomic E-state index is 0.147. The summed E-state index contributed by atoms with van der Waals surface area (Å²) >= 11 is 0. The highest BCUT2D eigenvalue weighted by atomic mass is 16.5. The summed E-state index contributed by atoms with van der Waals surface area (Å²) in [6, 6.07) is 6.12. The molecule has 0 aromatic carbocycles. The van der Waals surface area contributed by atoms with E-state index in [0.29, 0.717) is 19.7 Å². The Morgan fingerprint density at radius 2 is 2.21 bits per heavy atom. The van der Waals surface area contributed by atoms with Crippen molar-refractivity contribution in [2.24, 2.45) is 0 Å². The van der Waals surface area contributed by atoms with Crippen molar-refractivity contribution in [3.63, 3.8) is 0 Å². The fraction of sp³-hybridized carbons (Fsp3) is 0.526. The lowest BCUT2D eigenvalue weighted by atomic mass is 10.1. The molecule has 0 radical (unpaired) electrons. The Labute approximate surface area is 142 Å². The number of carbonyl (C=O) groups excluding carboxylic acids is 1. The van der Waals surface area contributed by atoms with Gasteiger partial charge in [0, 0.05) is 17.9 Å². The summed E-state index contributed by atoms with van der Waals surface area (Å²) in [7, 11) is 0. The predicted octanol–water partition coefficient (Wildman–Crippen LogP) is 3.14. The van der Waals surface area contributed by atoms with E-state index >= 15 is 0 Å². The molecule has 0 bridgehead atoms. The molecule has 1 amide bonds. The van der Waals surface area contributed by atoms with Crippen LogP contribution in [0.4, 0.5) is 0 Å². The van der Waals surface area contributed by atoms with Crippen LogP contribution in [0.5, 0.6) is 0 Å². The summed E-state index contributed by atoms with van der Waals surface area (Å²) in [5, 5.41) is 0. The number of fused-ring (bicyclic) bond motifs is 1. The highest BCUT2D eigenvalue weighted by Crippen LogP contribution is 2.31. The number of furan rings is 1. The fourth-order valence-electron chi connectivity index (χ4n) is 4.15. The van der Waals surface area contributed by atoms with Gasteiger partial charge in [0.2, 0.25) is 0 Å². The van der Waals surface area contributed by atoms with Crippen molar-refractivity contribution in [2.75, 3.05) is 13.2 Å². The molecule has 1 saturated heterocycles. The number of morpholine rings is 1. The zero-order chi connectivity index (χ0) is 16.7. The number of hydrogen-bond acceptors (Lipinski definition) is 3. The number of aromatic nitrogens is 1. The summed E-state index contributed by atoms with van der Waals surface area (Å²) in [5.74, 6) is 1.05. The molecule has 3 heterocycles. The number of carbonyl (C=O) groups is 1. The van der Waals surface area contributed by atoms with Gasteiger partial charge in [-0.2, -0.15) is 0 Å². The van der Waals surface area contributed by atoms with Gasteiger partial charge in [0.15, 0.2) is 0 Å². The van der Waals surface area contributed by atoms with Crippen molar-refractivity contribution in [3.8, 4) is 0 Å². The predicted molar refractivity (Wildman–Crippen MR) is 90.1 cm³/mol. The van der Waals surface area contributed by atoms with Crippen LogP contribution in [0.2, 0.25) is 0 Å². The van der Waals surface area contributed by atoms with Crippen molar-refractivity contribution in [2.45, 2.75) is 51.8 Å². The van der Waals surface area contributed by atoms with Gasteiger partial charge < -0.3 is 18.6 Å². The molecule has 4 rings (SSSR count). The SMILES string of the molecule is Cc1cc(C(=O)N2CCOC3CCCC32)c(C)n1Cc1ccco1. The second-order valence-corrected chi connectivity index (χ2v) is 6.86. The Hall–Kier alpha value is -2.01. The van der Waals surface area contributed by atoms with E-state index in [0.717, 1.165) is 42.0 Å². The smallest absolute Gasteiger partial charge is 0.256 e. The maximum absolute atomic E-state index is 13.2. The normalized spacial score (nSPS) is 23.5. The topological polar surface area (TPSA) is 47.6 Å². The molecule has 0 spiro atoms. The molecule has 0 N–H and O–H groups in total. The van der Waals surface area contributed by atoms with Crippen LogP contribution < -0.4 is 0 Å². The molecule has 2 atom stereocenters. The average Bonchev–Trinajstić information content (AvgIpc) is 3.30. The first kappa shape index (κ1) is 15.5. The molecule has 2 aliphatic rings. The number of ether oxygens (including phenoxy) is 1. The van der Waals surface area contributed by atoms with Gasteiger partial charge in [-0.25, -0.2) is 0 Å². The fourth-order valence-corrected chi connectivity index (χ4v) is 4.15. The highest BCUT2D eigenvalue weighted by Gasteiger charge is 2.39. The molecule has 5 heteroatoms. The summed E-state index contributed by atoms with van der Waals surface area (Å²) in [6.07, 6.45) is 5.20. The summed E-state index contributed by atoms with van der Waals surface area (Å²) < 4.78 is 13.4. The van der Waals surface area contributed by atoms with E-state index in [1.165, 1.54) is 0 Å². The standard InChI is InChI=1S/C19H24N2O3/c1-13-11-16(14(2)21(13)12-15-5-4-9-23-15)19(22)20-8-10-24-18-7-3-6-17(18)20/h4-5,9,11,17-18H,3,6-8,10,12H2,1-2H3. The number of amides is 1. The van der Waals surface area contributed by atoms with E-state index in [1.807, 2.05) is 36.9 Å². The van der Waals surface area contributed by atoms with Crippen LogP contribution in [-0.2, 0) is 11.3 Å². The first-order valence-corrected chi connectivity index (χ1v) is 8.77. The van der Waals surface area contributed by atoms with Crippen LogP contribution in [0.15, 0.2) is 28.9 Å². The van der Waals surface area contributed by atoms with Gasteiger partial charge in [0.05, 0.1) is 37.1 Å². The largest absolute Gasteiger partial charge is 0.467 e. The Balaban J connectivity index is 1.60. The van der Waals surface area contributed by atoms with Crippen LogP contribution in [-0.4, -0.2) is 40.7 Å². The molecule has 2 aromatic heterocycles. The molecule has 24 heavy (non-hydrogen) atoms. The minimum Gasteiger partial charge on any atom is -0.467 e. The van der Waals surface area contributed by atoms with Crippen LogP contribution in [0.25, 0.3) is 0 Å². The van der Waals surface area contributed by atoms with Crippen molar-refractivity contribution in [1.29, 1.82) is 0 Å². The molecular formula is C19H24N2O3. The van der Waals surface area contributed by atoms with Gasteiger partial charge in [-0.3, -0.25) is 4.79 Å². The van der Waals surface area contributed by atoms with Crippen molar-refractivity contribution < 1.29 is 13.9 Å². The van der Waals surface area contributed by atoms with Crippen LogP contribution >= 0.6 is 0 Å². The van der Waals surface area contributed by atoms with Gasteiger partial charge in [0.1, 0.15) is 5.76 Å². The van der Waals surface area contributed by atoms with E-state index in [2.05, 4.69) is 4.57 Å². The van der Waals surface area contributed by atoms with E-state index in [-0.39, 0.29) is 18.1 Å². The summed E-state index contributed by atoms with van der Waals surface area (Å²) in [6.45, 7) is 6.08. The Kier molecular flexibility index (Phi) is 3.96. The number of nitrogens with zero attached hydrogens (tertiary/aromatic N) is 2. The van der Waals surface area contributed by atoms with Gasteiger partial charge in [-0.1, -0.05) is 0 Å². The molecule has 5 nitrogen and oxygen atoms in total. The second-order valence-electron chi connectivity index (χ2n) is 6.86. The van der Waals surface area contributed by atoms with Crippen LogP contribution in [0.1, 0.15) is 46.8 Å². The number of aryl methyl sites for hydroxylation is 1. The molecule has 1 saturated carbocycles. The van der Waals surface area contributed by atoms with E-state index in [9.17, 15) is 4.79 Å². The Bertz CT molecular complexity index is 732. The third kappa shape index (κ3) is 2.57. The lowest BCUT2D eigenvalue weighted by molar-refractivity contribution is -0.0445.